The molecule has 1 fully saturated rings. The van der Waals surface area contributed by atoms with Gasteiger partial charge in [0.1, 0.15) is 0 Å². The van der Waals surface area contributed by atoms with Crippen LogP contribution in [0.25, 0.3) is 0 Å². The fourth-order valence-corrected chi connectivity index (χ4v) is 2.20. The van der Waals surface area contributed by atoms with Crippen LogP contribution in [-0.4, -0.2) is 18.5 Å². The Morgan fingerprint density at radius 2 is 1.94 bits per heavy atom. The Morgan fingerprint density at radius 1 is 1.29 bits per heavy atom. The van der Waals surface area contributed by atoms with Gasteiger partial charge in [-0.15, -0.1) is 0 Å². The molecule has 0 bridgehead atoms. The van der Waals surface area contributed by atoms with E-state index in [1.807, 2.05) is 12.1 Å². The third kappa shape index (κ3) is 2.50. The second kappa shape index (κ2) is 4.88. The zero-order valence-electron chi connectivity index (χ0n) is 10.5. The van der Waals surface area contributed by atoms with Gasteiger partial charge in [-0.1, -0.05) is 26.0 Å². The minimum absolute atomic E-state index is 0.0496. The third-order valence-corrected chi connectivity index (χ3v) is 3.35. The first kappa shape index (κ1) is 12.1. The van der Waals surface area contributed by atoms with Crippen molar-refractivity contribution in [1.29, 1.82) is 0 Å². The van der Waals surface area contributed by atoms with Gasteiger partial charge in [0.05, 0.1) is 6.04 Å². The van der Waals surface area contributed by atoms with Gasteiger partial charge in [-0.2, -0.15) is 0 Å². The van der Waals surface area contributed by atoms with Gasteiger partial charge < -0.3 is 10.6 Å². The number of piperidine rings is 1. The van der Waals surface area contributed by atoms with Crippen molar-refractivity contribution in [2.75, 3.05) is 11.4 Å². The first-order chi connectivity index (χ1) is 8.09. The Morgan fingerprint density at radius 3 is 2.53 bits per heavy atom. The predicted octanol–water partition coefficient (Wildman–Crippen LogP) is 2.26. The maximum absolute atomic E-state index is 11.9. The highest BCUT2D eigenvalue weighted by Crippen LogP contribution is 2.23. The highest BCUT2D eigenvalue weighted by atomic mass is 16.2. The Hall–Kier alpha value is -1.35. The van der Waals surface area contributed by atoms with Crippen LogP contribution in [0.5, 0.6) is 0 Å². The summed E-state index contributed by atoms with van der Waals surface area (Å²) in [5.41, 5.74) is 8.05. The number of nitrogens with zero attached hydrogens (tertiary/aromatic N) is 1. The second-order valence-electron chi connectivity index (χ2n) is 4.98. The highest BCUT2D eigenvalue weighted by molar-refractivity contribution is 5.97. The molecule has 2 rings (SSSR count). The monoisotopic (exact) mass is 232 g/mol. The zero-order chi connectivity index (χ0) is 12.4. The molecule has 1 aromatic rings. The Balaban J connectivity index is 2.19. The lowest BCUT2D eigenvalue weighted by Gasteiger charge is -2.30. The summed E-state index contributed by atoms with van der Waals surface area (Å²) in [6.45, 7) is 5.11. The van der Waals surface area contributed by atoms with Gasteiger partial charge in [-0.25, -0.2) is 0 Å². The van der Waals surface area contributed by atoms with Crippen molar-refractivity contribution < 1.29 is 4.79 Å². The standard InChI is InChI=1S/C14H20N2O/c1-10(2)11-5-7-12(8-6-11)16-9-3-4-13(15)14(16)17/h5-8,10,13H,3-4,9,15H2,1-2H3. The van der Waals surface area contributed by atoms with Crippen molar-refractivity contribution in [2.45, 2.75) is 38.6 Å². The van der Waals surface area contributed by atoms with Crippen molar-refractivity contribution >= 4 is 11.6 Å². The minimum Gasteiger partial charge on any atom is -0.320 e. The lowest BCUT2D eigenvalue weighted by atomic mass is 10.0. The van der Waals surface area contributed by atoms with E-state index in [1.165, 1.54) is 5.56 Å². The minimum atomic E-state index is -0.325. The molecule has 0 radical (unpaired) electrons. The average Bonchev–Trinajstić information content (AvgIpc) is 2.33. The lowest BCUT2D eigenvalue weighted by Crippen LogP contribution is -2.48. The summed E-state index contributed by atoms with van der Waals surface area (Å²) in [6.07, 6.45) is 1.79. The molecule has 17 heavy (non-hydrogen) atoms. The van der Waals surface area contributed by atoms with Crippen molar-refractivity contribution in [3.8, 4) is 0 Å². The van der Waals surface area contributed by atoms with E-state index in [-0.39, 0.29) is 11.9 Å². The zero-order valence-corrected chi connectivity index (χ0v) is 10.5. The van der Waals surface area contributed by atoms with Crippen LogP contribution in [0, 0.1) is 0 Å². The summed E-state index contributed by atoms with van der Waals surface area (Å²) in [6, 6.07) is 7.89. The molecule has 1 unspecified atom stereocenters. The molecule has 1 atom stereocenters. The van der Waals surface area contributed by atoms with E-state index in [4.69, 9.17) is 5.73 Å². The van der Waals surface area contributed by atoms with Crippen LogP contribution in [0.3, 0.4) is 0 Å². The summed E-state index contributed by atoms with van der Waals surface area (Å²) in [5, 5.41) is 0. The third-order valence-electron chi connectivity index (χ3n) is 3.35. The second-order valence-corrected chi connectivity index (χ2v) is 4.98. The number of rotatable bonds is 2. The number of hydrogen-bond acceptors (Lipinski definition) is 2. The number of hydrogen-bond donors (Lipinski definition) is 1. The van der Waals surface area contributed by atoms with E-state index in [2.05, 4.69) is 26.0 Å². The van der Waals surface area contributed by atoms with Crippen LogP contribution in [-0.2, 0) is 4.79 Å². The summed E-state index contributed by atoms with van der Waals surface area (Å²) < 4.78 is 0. The van der Waals surface area contributed by atoms with E-state index < -0.39 is 0 Å². The Bertz CT molecular complexity index is 397. The molecular weight excluding hydrogens is 212 g/mol. The Kier molecular flexibility index (Phi) is 3.48. The van der Waals surface area contributed by atoms with E-state index in [1.54, 1.807) is 4.90 Å². The molecule has 1 amide bonds. The van der Waals surface area contributed by atoms with Gasteiger partial charge in [0, 0.05) is 12.2 Å². The van der Waals surface area contributed by atoms with Gasteiger partial charge in [-0.3, -0.25) is 4.79 Å². The van der Waals surface area contributed by atoms with Crippen LogP contribution >= 0.6 is 0 Å². The molecule has 3 heteroatoms. The summed E-state index contributed by atoms with van der Waals surface area (Å²) in [5.74, 6) is 0.567. The molecule has 92 valence electrons. The van der Waals surface area contributed by atoms with E-state index in [9.17, 15) is 4.79 Å². The Labute approximate surface area is 103 Å². The van der Waals surface area contributed by atoms with Crippen LogP contribution in [0.4, 0.5) is 5.69 Å². The topological polar surface area (TPSA) is 46.3 Å². The number of nitrogens with two attached hydrogens (primary N) is 1. The number of amides is 1. The van der Waals surface area contributed by atoms with Crippen LogP contribution in [0.1, 0.15) is 38.2 Å². The average molecular weight is 232 g/mol. The van der Waals surface area contributed by atoms with Gasteiger partial charge in [0.2, 0.25) is 5.91 Å². The quantitative estimate of drug-likeness (QED) is 0.850. The summed E-state index contributed by atoms with van der Waals surface area (Å²) in [4.78, 5) is 13.7. The number of carbonyl (C=O) groups is 1. The first-order valence-electron chi connectivity index (χ1n) is 6.26. The van der Waals surface area contributed by atoms with Crippen LogP contribution in [0.15, 0.2) is 24.3 Å². The molecule has 1 heterocycles. The number of anilines is 1. The van der Waals surface area contributed by atoms with Crippen molar-refractivity contribution in [3.05, 3.63) is 29.8 Å². The maximum Gasteiger partial charge on any atom is 0.243 e. The highest BCUT2D eigenvalue weighted by Gasteiger charge is 2.26. The van der Waals surface area contributed by atoms with Gasteiger partial charge >= 0.3 is 0 Å². The normalized spacial score (nSPS) is 21.1. The maximum atomic E-state index is 11.9. The fourth-order valence-electron chi connectivity index (χ4n) is 2.20. The molecule has 2 N–H and O–H groups in total. The van der Waals surface area contributed by atoms with Gasteiger partial charge in [0.15, 0.2) is 0 Å². The molecule has 1 aliphatic heterocycles. The van der Waals surface area contributed by atoms with Crippen molar-refractivity contribution in [3.63, 3.8) is 0 Å². The molecule has 0 saturated carbocycles. The van der Waals surface area contributed by atoms with E-state index in [0.29, 0.717) is 5.92 Å². The number of benzene rings is 1. The first-order valence-corrected chi connectivity index (χ1v) is 6.26. The van der Waals surface area contributed by atoms with Gasteiger partial charge in [0.25, 0.3) is 0 Å². The SMILES string of the molecule is CC(C)c1ccc(N2CCCC(N)C2=O)cc1. The summed E-state index contributed by atoms with van der Waals surface area (Å²) >= 11 is 0. The van der Waals surface area contributed by atoms with E-state index >= 15 is 0 Å². The molecule has 1 aliphatic rings. The molecule has 1 saturated heterocycles. The van der Waals surface area contributed by atoms with Crippen LogP contribution < -0.4 is 10.6 Å². The lowest BCUT2D eigenvalue weighted by molar-refractivity contribution is -0.120. The molecule has 3 nitrogen and oxygen atoms in total. The molecule has 0 spiro atoms. The molecular formula is C14H20N2O. The molecule has 0 aromatic heterocycles. The molecule has 1 aromatic carbocycles. The van der Waals surface area contributed by atoms with Gasteiger partial charge in [-0.05, 0) is 36.5 Å². The van der Waals surface area contributed by atoms with Crippen LogP contribution in [0.2, 0.25) is 0 Å². The fraction of sp³-hybridized carbons (Fsp3) is 0.500. The largest absolute Gasteiger partial charge is 0.320 e. The smallest absolute Gasteiger partial charge is 0.243 e. The van der Waals surface area contributed by atoms with Crippen molar-refractivity contribution in [2.24, 2.45) is 5.73 Å². The number of carbonyl (C=O) groups excluding carboxylic acids is 1. The molecule has 0 aliphatic carbocycles. The van der Waals surface area contributed by atoms with Crippen molar-refractivity contribution in [1.82, 2.24) is 0 Å². The summed E-state index contributed by atoms with van der Waals surface area (Å²) in [7, 11) is 0. The van der Waals surface area contributed by atoms with E-state index in [0.717, 1.165) is 25.1 Å². The predicted molar refractivity (Wildman–Crippen MR) is 70.1 cm³/mol.